The molecule has 2 nitrogen and oxygen atoms in total. The minimum atomic E-state index is 0. The van der Waals surface area contributed by atoms with Crippen molar-refractivity contribution in [1.82, 2.24) is 0 Å². The van der Waals surface area contributed by atoms with Crippen LogP contribution in [-0.2, 0) is 0 Å². The van der Waals surface area contributed by atoms with Crippen molar-refractivity contribution in [2.75, 3.05) is 0 Å². The van der Waals surface area contributed by atoms with Gasteiger partial charge in [0.15, 0.2) is 6.20 Å². The predicted molar refractivity (Wildman–Crippen MR) is 42.4 cm³/mol. The van der Waals surface area contributed by atoms with E-state index in [0.717, 1.165) is 4.73 Å². The minimum absolute atomic E-state index is 0. The van der Waals surface area contributed by atoms with Crippen LogP contribution in [0.2, 0.25) is 5.02 Å². The predicted octanol–water partition coefficient (Wildman–Crippen LogP) is 1.70. The minimum Gasteiger partial charge on any atom is -0.618 e. The number of aromatic nitrogens is 1. The molecule has 1 heterocycles. The molecular weight excluding hydrogens is 173 g/mol. The summed E-state index contributed by atoms with van der Waals surface area (Å²) in [6.45, 7) is 1.68. The zero-order valence-electron chi connectivity index (χ0n) is 5.37. The average molecular weight is 180 g/mol. The van der Waals surface area contributed by atoms with Crippen LogP contribution in [0.1, 0.15) is 5.69 Å². The van der Waals surface area contributed by atoms with Crippen molar-refractivity contribution in [2.45, 2.75) is 6.92 Å². The molecule has 0 aliphatic carbocycles. The Morgan fingerprint density at radius 1 is 1.60 bits per heavy atom. The Labute approximate surface area is 70.4 Å². The topological polar surface area (TPSA) is 26.9 Å². The second-order valence-corrected chi connectivity index (χ2v) is 2.17. The Hall–Kier alpha value is -0.470. The molecule has 1 rings (SSSR count). The zero-order chi connectivity index (χ0) is 6.85. The van der Waals surface area contributed by atoms with Gasteiger partial charge in [0, 0.05) is 13.0 Å². The monoisotopic (exact) mass is 179 g/mol. The van der Waals surface area contributed by atoms with Crippen LogP contribution in [0.4, 0.5) is 0 Å². The molecule has 0 atom stereocenters. The Bertz CT molecular complexity index is 207. The second-order valence-electron chi connectivity index (χ2n) is 1.77. The number of hydrogen-bond acceptors (Lipinski definition) is 1. The fourth-order valence-corrected chi connectivity index (χ4v) is 0.699. The Morgan fingerprint density at radius 2 is 2.20 bits per heavy atom. The molecule has 0 N–H and O–H groups in total. The lowest BCUT2D eigenvalue weighted by atomic mass is 10.4. The number of pyridine rings is 1. The first kappa shape index (κ1) is 9.53. The summed E-state index contributed by atoms with van der Waals surface area (Å²) in [7, 11) is 0. The van der Waals surface area contributed by atoms with E-state index >= 15 is 0 Å². The first-order valence-electron chi connectivity index (χ1n) is 2.56. The molecule has 0 radical (unpaired) electrons. The lowest BCUT2D eigenvalue weighted by Crippen LogP contribution is -2.28. The summed E-state index contributed by atoms with van der Waals surface area (Å²) in [5, 5.41) is 11.2. The normalized spacial score (nSPS) is 8.60. The van der Waals surface area contributed by atoms with Gasteiger partial charge >= 0.3 is 0 Å². The standard InChI is InChI=1S/C6H6ClNO.ClH/c1-5-6(7)3-2-4-8(5)9;/h2-4H,1H3;1H. The van der Waals surface area contributed by atoms with E-state index in [9.17, 15) is 5.21 Å². The zero-order valence-corrected chi connectivity index (χ0v) is 6.95. The van der Waals surface area contributed by atoms with E-state index in [2.05, 4.69) is 0 Å². The molecule has 0 aromatic carbocycles. The van der Waals surface area contributed by atoms with Crippen LogP contribution in [0.5, 0.6) is 0 Å². The summed E-state index contributed by atoms with van der Waals surface area (Å²) in [5.41, 5.74) is 0.541. The lowest BCUT2D eigenvalue weighted by Gasteiger charge is -1.98. The molecule has 1 aromatic rings. The van der Waals surface area contributed by atoms with Gasteiger partial charge in [-0.15, -0.1) is 12.4 Å². The smallest absolute Gasteiger partial charge is 0.208 e. The highest BCUT2D eigenvalue weighted by atomic mass is 35.5. The SMILES string of the molecule is Cc1c(Cl)ccc[n+]1[O-].Cl. The van der Waals surface area contributed by atoms with Crippen molar-refractivity contribution in [3.05, 3.63) is 34.3 Å². The van der Waals surface area contributed by atoms with Crippen LogP contribution in [0.3, 0.4) is 0 Å². The third-order valence-electron chi connectivity index (χ3n) is 1.14. The molecule has 0 aliphatic rings. The molecule has 4 heteroatoms. The van der Waals surface area contributed by atoms with E-state index in [1.54, 1.807) is 19.1 Å². The highest BCUT2D eigenvalue weighted by molar-refractivity contribution is 6.31. The largest absolute Gasteiger partial charge is 0.618 e. The maximum absolute atomic E-state index is 10.7. The molecule has 0 bridgehead atoms. The van der Waals surface area contributed by atoms with Crippen LogP contribution >= 0.6 is 24.0 Å². The molecule has 10 heavy (non-hydrogen) atoms. The Balaban J connectivity index is 0.000000810. The molecule has 0 amide bonds. The van der Waals surface area contributed by atoms with Crippen LogP contribution in [0.25, 0.3) is 0 Å². The van der Waals surface area contributed by atoms with Gasteiger partial charge < -0.3 is 5.21 Å². The van der Waals surface area contributed by atoms with Gasteiger partial charge in [0.2, 0.25) is 5.69 Å². The third kappa shape index (κ3) is 1.75. The molecule has 56 valence electrons. The average Bonchev–Trinajstić information content (AvgIpc) is 1.83. The van der Waals surface area contributed by atoms with Crippen LogP contribution in [-0.4, -0.2) is 0 Å². The maximum atomic E-state index is 10.7. The van der Waals surface area contributed by atoms with E-state index < -0.39 is 0 Å². The van der Waals surface area contributed by atoms with E-state index in [4.69, 9.17) is 11.6 Å². The van der Waals surface area contributed by atoms with Gasteiger partial charge in [-0.1, -0.05) is 11.6 Å². The fourth-order valence-electron chi connectivity index (χ4n) is 0.543. The van der Waals surface area contributed by atoms with Gasteiger partial charge in [0.1, 0.15) is 5.02 Å². The van der Waals surface area contributed by atoms with Crippen molar-refractivity contribution in [3.8, 4) is 0 Å². The van der Waals surface area contributed by atoms with E-state index in [-0.39, 0.29) is 12.4 Å². The van der Waals surface area contributed by atoms with Gasteiger partial charge in [0.05, 0.1) is 0 Å². The van der Waals surface area contributed by atoms with Crippen LogP contribution < -0.4 is 4.73 Å². The fraction of sp³-hybridized carbons (Fsp3) is 0.167. The first-order valence-corrected chi connectivity index (χ1v) is 2.94. The van der Waals surface area contributed by atoms with Crippen molar-refractivity contribution in [3.63, 3.8) is 0 Å². The molecule has 0 saturated carbocycles. The Kier molecular flexibility index (Phi) is 3.47. The van der Waals surface area contributed by atoms with E-state index in [1.165, 1.54) is 6.20 Å². The molecular formula is C6H7Cl2NO. The summed E-state index contributed by atoms with van der Waals surface area (Å²) in [4.78, 5) is 0. The van der Waals surface area contributed by atoms with Crippen molar-refractivity contribution in [1.29, 1.82) is 0 Å². The van der Waals surface area contributed by atoms with Crippen LogP contribution in [0.15, 0.2) is 18.3 Å². The van der Waals surface area contributed by atoms with Gasteiger partial charge in [-0.2, -0.15) is 4.73 Å². The van der Waals surface area contributed by atoms with E-state index in [0.29, 0.717) is 10.7 Å². The van der Waals surface area contributed by atoms with Crippen LogP contribution in [0, 0.1) is 12.1 Å². The van der Waals surface area contributed by atoms with Gasteiger partial charge in [-0.3, -0.25) is 0 Å². The number of rotatable bonds is 0. The molecule has 1 aromatic heterocycles. The molecule has 0 saturated heterocycles. The maximum Gasteiger partial charge on any atom is 0.208 e. The molecule has 0 unspecified atom stereocenters. The first-order chi connectivity index (χ1) is 4.22. The summed E-state index contributed by atoms with van der Waals surface area (Å²) in [6, 6.07) is 3.30. The molecule has 0 spiro atoms. The third-order valence-corrected chi connectivity index (χ3v) is 1.54. The van der Waals surface area contributed by atoms with Crippen molar-refractivity contribution in [2.24, 2.45) is 0 Å². The summed E-state index contributed by atoms with van der Waals surface area (Å²) in [5.74, 6) is 0. The summed E-state index contributed by atoms with van der Waals surface area (Å²) >= 11 is 5.59. The number of halogens is 2. The molecule has 0 aliphatic heterocycles. The summed E-state index contributed by atoms with van der Waals surface area (Å²) in [6.07, 6.45) is 1.42. The van der Waals surface area contributed by atoms with Gasteiger partial charge in [-0.25, -0.2) is 0 Å². The molecule has 0 fully saturated rings. The Morgan fingerprint density at radius 3 is 2.60 bits per heavy atom. The van der Waals surface area contributed by atoms with E-state index in [1.807, 2.05) is 0 Å². The quantitative estimate of drug-likeness (QED) is 0.441. The van der Waals surface area contributed by atoms with Crippen molar-refractivity contribution < 1.29 is 4.73 Å². The van der Waals surface area contributed by atoms with Gasteiger partial charge in [-0.05, 0) is 6.07 Å². The summed E-state index contributed by atoms with van der Waals surface area (Å²) < 4.78 is 0.738. The lowest BCUT2D eigenvalue weighted by molar-refractivity contribution is -0.612. The number of hydrogen-bond donors (Lipinski definition) is 0. The highest BCUT2D eigenvalue weighted by Crippen LogP contribution is 2.07. The highest BCUT2D eigenvalue weighted by Gasteiger charge is 2.00. The second kappa shape index (κ2) is 3.64. The van der Waals surface area contributed by atoms with Crippen molar-refractivity contribution >= 4 is 24.0 Å². The van der Waals surface area contributed by atoms with Gasteiger partial charge in [0.25, 0.3) is 0 Å². The number of nitrogens with zero attached hydrogens (tertiary/aromatic N) is 1.